The Hall–Kier alpha value is -3.63. The fourth-order valence-electron chi connectivity index (χ4n) is 9.04. The molecule has 4 rings (SSSR count). The molecule has 0 saturated heterocycles. The molecule has 0 fully saturated rings. The van der Waals surface area contributed by atoms with Gasteiger partial charge >= 0.3 is 0 Å². The summed E-state index contributed by atoms with van der Waals surface area (Å²) in [5.41, 5.74) is 13.2. The van der Waals surface area contributed by atoms with E-state index in [2.05, 4.69) is 116 Å². The number of aliphatic imine (C=N–C) groups is 2. The van der Waals surface area contributed by atoms with Crippen LogP contribution in [0, 0.1) is 0 Å². The number of hydrogen-bond donors (Lipinski definition) is 2. The van der Waals surface area contributed by atoms with Crippen LogP contribution in [0.1, 0.15) is 225 Å². The third-order valence-corrected chi connectivity index (χ3v) is 13.3. The molecule has 0 saturated carbocycles. The van der Waals surface area contributed by atoms with Gasteiger partial charge in [-0.15, -0.1) is 0 Å². The fraction of sp³-hybridized carbons (Fsp3) is 0.607. The van der Waals surface area contributed by atoms with Gasteiger partial charge in [-0.2, -0.15) is 0 Å². The second-order valence-corrected chi connectivity index (χ2v) is 18.9. The zero-order valence-electron chi connectivity index (χ0n) is 44.1. The van der Waals surface area contributed by atoms with E-state index in [1.807, 2.05) is 0 Å². The molecule has 0 amide bonds. The van der Waals surface area contributed by atoms with Crippen molar-refractivity contribution < 1.29 is 26.7 Å². The molecule has 4 aromatic carbocycles. The number of aromatic hydroxyl groups is 2. The third kappa shape index (κ3) is 21.3. The van der Waals surface area contributed by atoms with Crippen LogP contribution < -0.4 is 4.90 Å². The molecule has 0 aliphatic rings. The maximum absolute atomic E-state index is 9.82. The minimum Gasteiger partial charge on any atom is -0.504 e. The van der Waals surface area contributed by atoms with Gasteiger partial charge in [0.2, 0.25) is 0 Å². The number of rotatable bonds is 32. The van der Waals surface area contributed by atoms with Crippen molar-refractivity contribution in [2.24, 2.45) is 9.98 Å². The summed E-state index contributed by atoms with van der Waals surface area (Å²) < 4.78 is 0. The number of fused-ring (bicyclic) bond motifs is 1. The number of benzene rings is 4. The van der Waals surface area contributed by atoms with Gasteiger partial charge in [0.05, 0.1) is 22.8 Å². The first-order valence-electron chi connectivity index (χ1n) is 27.3. The van der Waals surface area contributed by atoms with Gasteiger partial charge < -0.3 is 15.1 Å². The number of anilines is 1. The topological polar surface area (TPSA) is 68.4 Å². The van der Waals surface area contributed by atoms with Crippen LogP contribution in [-0.4, -0.2) is 34.7 Å². The number of hydrogen-bond acceptors (Lipinski definition) is 5. The van der Waals surface area contributed by atoms with Gasteiger partial charge in [-0.3, -0.25) is 9.98 Å². The quantitative estimate of drug-likeness (QED) is 0.0222. The van der Waals surface area contributed by atoms with Crippen molar-refractivity contribution >= 4 is 39.3 Å². The van der Waals surface area contributed by atoms with E-state index in [1.165, 1.54) is 167 Å². The van der Waals surface area contributed by atoms with Crippen LogP contribution in [0.2, 0.25) is 0 Å². The SMILES string of the molecule is CCCCCCCCC(=Nc1ccc(CCCC)c(CCCC)c1)C(CCCC)=Nc1ccc(CCCC)c(CCCC)c1.CCCCCc1cc(N(CC)CC)cc2cc(O)c(O)cc12.[Ni]. The summed E-state index contributed by atoms with van der Waals surface area (Å²) >= 11 is 0. The van der Waals surface area contributed by atoms with Crippen molar-refractivity contribution in [1.82, 2.24) is 0 Å². The van der Waals surface area contributed by atoms with Gasteiger partial charge in [0.15, 0.2) is 11.5 Å². The monoisotopic (exact) mass is 960 g/mol. The van der Waals surface area contributed by atoms with Crippen molar-refractivity contribution in [2.45, 2.75) is 229 Å². The first-order valence-corrected chi connectivity index (χ1v) is 27.3. The van der Waals surface area contributed by atoms with Crippen LogP contribution in [0.3, 0.4) is 0 Å². The first kappa shape index (κ1) is 59.5. The minimum absolute atomic E-state index is 0. The summed E-state index contributed by atoms with van der Waals surface area (Å²) in [5, 5.41) is 21.7. The Labute approximate surface area is 421 Å². The van der Waals surface area contributed by atoms with Crippen molar-refractivity contribution in [2.75, 3.05) is 18.0 Å². The molecule has 2 N–H and O–H groups in total. The van der Waals surface area contributed by atoms with E-state index in [1.54, 1.807) is 12.1 Å². The molecular formula is C61H95N3NiO2. The van der Waals surface area contributed by atoms with Crippen molar-refractivity contribution in [3.05, 3.63) is 88.5 Å². The molecule has 0 aliphatic heterocycles. The predicted molar refractivity (Wildman–Crippen MR) is 293 cm³/mol. The van der Waals surface area contributed by atoms with Gasteiger partial charge in [0.1, 0.15) is 0 Å². The number of phenolic OH excluding ortho intramolecular Hbond substituents is 2. The smallest absolute Gasteiger partial charge is 0.158 e. The van der Waals surface area contributed by atoms with Gasteiger partial charge in [0, 0.05) is 35.3 Å². The standard InChI is InChI=1S/C42H68N2.C19H27NO2.Ni/c1-7-13-19-20-21-22-28-42(44-40-32-30-36(24-15-9-3)38(34-40)26-17-11-5)41(27-18-12-6)43-39-31-29-35(23-14-8-2)37(33-39)25-16-10-4;1-4-7-8-9-14-10-16(20(5-2)6-3)11-15-12-18(21)19(22)13-17(14)15;/h29-34H,7-28H2,1-6H3;10-13,21-22H,4-9H2,1-3H3;. The summed E-state index contributed by atoms with van der Waals surface area (Å²) in [6, 6.07) is 21.8. The molecule has 5 nitrogen and oxygen atoms in total. The Morgan fingerprint density at radius 3 is 1.31 bits per heavy atom. The molecule has 0 heterocycles. The molecule has 0 unspecified atom stereocenters. The van der Waals surface area contributed by atoms with E-state index < -0.39 is 0 Å². The predicted octanol–water partition coefficient (Wildman–Crippen LogP) is 18.7. The summed E-state index contributed by atoms with van der Waals surface area (Å²) in [5.74, 6) is -0.0939. The van der Waals surface area contributed by atoms with Gasteiger partial charge in [-0.25, -0.2) is 0 Å². The molecule has 0 aliphatic carbocycles. The molecule has 0 atom stereocenters. The fourth-order valence-corrected chi connectivity index (χ4v) is 9.04. The number of unbranched alkanes of at least 4 members (excludes halogenated alkanes) is 12. The Kier molecular flexibility index (Phi) is 31.5. The normalized spacial score (nSPS) is 11.7. The largest absolute Gasteiger partial charge is 0.504 e. The summed E-state index contributed by atoms with van der Waals surface area (Å²) in [4.78, 5) is 13.2. The Balaban J connectivity index is 0.000000559. The minimum atomic E-state index is -0.0521. The van der Waals surface area contributed by atoms with E-state index >= 15 is 0 Å². The molecule has 4 aromatic rings. The van der Waals surface area contributed by atoms with Gasteiger partial charge in [0.25, 0.3) is 0 Å². The molecule has 0 aromatic heterocycles. The van der Waals surface area contributed by atoms with Crippen LogP contribution in [-0.2, 0) is 48.6 Å². The molecular weight excluding hydrogens is 865 g/mol. The Morgan fingerprint density at radius 1 is 0.403 bits per heavy atom. The molecule has 376 valence electrons. The molecule has 0 radical (unpaired) electrons. The Morgan fingerprint density at radius 2 is 0.821 bits per heavy atom. The summed E-state index contributed by atoms with van der Waals surface area (Å²) in [7, 11) is 0. The molecule has 67 heavy (non-hydrogen) atoms. The van der Waals surface area contributed by atoms with Crippen LogP contribution >= 0.6 is 0 Å². The second kappa shape index (κ2) is 35.5. The van der Waals surface area contributed by atoms with E-state index in [0.717, 1.165) is 80.2 Å². The maximum Gasteiger partial charge on any atom is 0.158 e. The second-order valence-electron chi connectivity index (χ2n) is 18.9. The summed E-state index contributed by atoms with van der Waals surface area (Å²) in [6.07, 6.45) is 31.4. The van der Waals surface area contributed by atoms with E-state index in [9.17, 15) is 10.2 Å². The van der Waals surface area contributed by atoms with E-state index in [-0.39, 0.29) is 28.0 Å². The first-order chi connectivity index (χ1) is 32.2. The van der Waals surface area contributed by atoms with Gasteiger partial charge in [-0.1, -0.05) is 138 Å². The van der Waals surface area contributed by atoms with E-state index in [4.69, 9.17) is 9.98 Å². The zero-order chi connectivity index (χ0) is 47.9. The molecule has 6 heteroatoms. The van der Waals surface area contributed by atoms with Crippen LogP contribution in [0.5, 0.6) is 11.5 Å². The Bertz CT molecular complexity index is 2020. The molecule has 0 bridgehead atoms. The van der Waals surface area contributed by atoms with Gasteiger partial charge in [-0.05, 0) is 191 Å². The summed E-state index contributed by atoms with van der Waals surface area (Å²) in [6.45, 7) is 22.2. The number of phenols is 2. The average Bonchev–Trinajstić information content (AvgIpc) is 3.32. The van der Waals surface area contributed by atoms with Crippen molar-refractivity contribution in [1.29, 1.82) is 0 Å². The van der Waals surface area contributed by atoms with E-state index in [0.29, 0.717) is 0 Å². The third-order valence-electron chi connectivity index (χ3n) is 13.3. The van der Waals surface area contributed by atoms with Crippen LogP contribution in [0.25, 0.3) is 10.8 Å². The average molecular weight is 961 g/mol. The van der Waals surface area contributed by atoms with Crippen LogP contribution in [0.4, 0.5) is 17.1 Å². The number of aryl methyl sites for hydroxylation is 5. The van der Waals surface area contributed by atoms with Crippen molar-refractivity contribution in [3.8, 4) is 11.5 Å². The zero-order valence-corrected chi connectivity index (χ0v) is 45.1. The van der Waals surface area contributed by atoms with Crippen LogP contribution in [0.15, 0.2) is 70.6 Å². The number of nitrogens with zero attached hydrogens (tertiary/aromatic N) is 3. The van der Waals surface area contributed by atoms with Crippen molar-refractivity contribution in [3.63, 3.8) is 0 Å². The maximum atomic E-state index is 9.82. The molecule has 0 spiro atoms.